The zero-order valence-electron chi connectivity index (χ0n) is 18.5. The molecule has 0 unspecified atom stereocenters. The summed E-state index contributed by atoms with van der Waals surface area (Å²) in [5, 5.41) is 4.24. The molecule has 0 fully saturated rings. The molecule has 0 saturated heterocycles. The van der Waals surface area contributed by atoms with Gasteiger partial charge in [-0.05, 0) is 36.2 Å². The van der Waals surface area contributed by atoms with Gasteiger partial charge in [0.05, 0.1) is 16.1 Å². The molecule has 0 aliphatic rings. The molecular formula is C26H21ClF3N3O2. The van der Waals surface area contributed by atoms with Gasteiger partial charge in [-0.1, -0.05) is 71.4 Å². The molecule has 1 amide bonds. The van der Waals surface area contributed by atoms with Gasteiger partial charge in [0.2, 0.25) is 11.7 Å². The first-order valence-corrected chi connectivity index (χ1v) is 11.3. The van der Waals surface area contributed by atoms with E-state index in [1.807, 2.05) is 30.3 Å². The minimum Gasteiger partial charge on any atom is -0.339 e. The first-order valence-electron chi connectivity index (χ1n) is 10.9. The highest BCUT2D eigenvalue weighted by Gasteiger charge is 2.30. The summed E-state index contributed by atoms with van der Waals surface area (Å²) >= 11 is 6.25. The molecule has 0 aliphatic heterocycles. The maximum absolute atomic E-state index is 13.2. The fraction of sp³-hybridized carbons (Fsp3) is 0.192. The number of nitrogens with zero attached hydrogens (tertiary/aromatic N) is 3. The summed E-state index contributed by atoms with van der Waals surface area (Å²) in [7, 11) is 0. The molecule has 180 valence electrons. The van der Waals surface area contributed by atoms with E-state index in [1.54, 1.807) is 29.2 Å². The molecule has 4 aromatic rings. The van der Waals surface area contributed by atoms with Gasteiger partial charge in [0.15, 0.2) is 0 Å². The highest BCUT2D eigenvalue weighted by Crippen LogP contribution is 2.30. The van der Waals surface area contributed by atoms with Crippen molar-refractivity contribution < 1.29 is 22.5 Å². The Morgan fingerprint density at radius 3 is 2.23 bits per heavy atom. The van der Waals surface area contributed by atoms with Gasteiger partial charge in [0.1, 0.15) is 0 Å². The van der Waals surface area contributed by atoms with Gasteiger partial charge in [-0.25, -0.2) is 0 Å². The topological polar surface area (TPSA) is 59.2 Å². The van der Waals surface area contributed by atoms with Gasteiger partial charge in [-0.15, -0.1) is 0 Å². The molecule has 0 atom stereocenters. The van der Waals surface area contributed by atoms with Crippen LogP contribution in [0.15, 0.2) is 83.4 Å². The van der Waals surface area contributed by atoms with Crippen LogP contribution in [0.25, 0.3) is 11.4 Å². The number of hydrogen-bond acceptors (Lipinski definition) is 4. The second kappa shape index (κ2) is 10.7. The van der Waals surface area contributed by atoms with Crippen LogP contribution in [-0.2, 0) is 19.0 Å². The zero-order chi connectivity index (χ0) is 24.8. The quantitative estimate of drug-likeness (QED) is 0.284. The Hall–Kier alpha value is -3.65. The summed E-state index contributed by atoms with van der Waals surface area (Å²) in [6.07, 6.45) is -3.49. The standard InChI is InChI=1S/C26H21ClF3N3O2/c27-22-9-5-4-8-21(22)25(34)33(16-14-18-6-2-1-3-7-18)17-15-23-31-24(32-35-23)19-10-12-20(13-11-19)26(28,29)30/h1-13H,14-17H2. The minimum absolute atomic E-state index is 0.182. The van der Waals surface area contributed by atoms with Crippen LogP contribution in [0, 0.1) is 0 Å². The number of hydrogen-bond donors (Lipinski definition) is 0. The van der Waals surface area contributed by atoms with E-state index in [0.29, 0.717) is 35.7 Å². The van der Waals surface area contributed by atoms with Gasteiger partial charge < -0.3 is 9.42 Å². The first-order chi connectivity index (χ1) is 16.8. The molecular weight excluding hydrogens is 479 g/mol. The number of carbonyl (C=O) groups is 1. The van der Waals surface area contributed by atoms with Crippen molar-refractivity contribution in [2.24, 2.45) is 0 Å². The molecule has 0 spiro atoms. The third kappa shape index (κ3) is 6.27. The number of rotatable bonds is 8. The van der Waals surface area contributed by atoms with Crippen LogP contribution >= 0.6 is 11.6 Å². The van der Waals surface area contributed by atoms with Crippen LogP contribution in [0.2, 0.25) is 5.02 Å². The van der Waals surface area contributed by atoms with E-state index in [-0.39, 0.29) is 24.0 Å². The molecule has 5 nitrogen and oxygen atoms in total. The van der Waals surface area contributed by atoms with E-state index in [2.05, 4.69) is 10.1 Å². The Morgan fingerprint density at radius 1 is 0.886 bits per heavy atom. The lowest BCUT2D eigenvalue weighted by Crippen LogP contribution is -2.35. The van der Waals surface area contributed by atoms with Crippen molar-refractivity contribution in [3.8, 4) is 11.4 Å². The fourth-order valence-corrected chi connectivity index (χ4v) is 3.76. The number of alkyl halides is 3. The van der Waals surface area contributed by atoms with E-state index >= 15 is 0 Å². The second-order valence-electron chi connectivity index (χ2n) is 7.84. The maximum Gasteiger partial charge on any atom is 0.416 e. The Morgan fingerprint density at radius 2 is 1.54 bits per heavy atom. The lowest BCUT2D eigenvalue weighted by atomic mass is 10.1. The van der Waals surface area contributed by atoms with Gasteiger partial charge in [-0.2, -0.15) is 18.2 Å². The fourth-order valence-electron chi connectivity index (χ4n) is 3.54. The highest BCUT2D eigenvalue weighted by atomic mass is 35.5. The molecule has 1 aromatic heterocycles. The lowest BCUT2D eigenvalue weighted by molar-refractivity contribution is -0.137. The molecule has 0 aliphatic carbocycles. The Labute approximate surface area is 205 Å². The summed E-state index contributed by atoms with van der Waals surface area (Å²) in [5.74, 6) is 0.243. The lowest BCUT2D eigenvalue weighted by Gasteiger charge is -2.23. The first kappa shape index (κ1) is 24.5. The Kier molecular flexibility index (Phi) is 7.51. The van der Waals surface area contributed by atoms with E-state index in [0.717, 1.165) is 17.7 Å². The Bertz CT molecular complexity index is 1280. The van der Waals surface area contributed by atoms with Crippen LogP contribution in [0.3, 0.4) is 0 Å². The SMILES string of the molecule is O=C(c1ccccc1Cl)N(CCc1ccccc1)CCc1nc(-c2ccc(C(F)(F)F)cc2)no1. The second-order valence-corrected chi connectivity index (χ2v) is 8.25. The third-order valence-electron chi connectivity index (χ3n) is 5.44. The van der Waals surface area contributed by atoms with Crippen molar-refractivity contribution in [3.05, 3.63) is 106 Å². The molecule has 4 rings (SSSR count). The van der Waals surface area contributed by atoms with Crippen molar-refractivity contribution in [1.82, 2.24) is 15.0 Å². The van der Waals surface area contributed by atoms with Crippen LogP contribution in [0.1, 0.15) is 27.4 Å². The normalized spacial score (nSPS) is 11.4. The monoisotopic (exact) mass is 499 g/mol. The number of aromatic nitrogens is 2. The third-order valence-corrected chi connectivity index (χ3v) is 5.77. The van der Waals surface area contributed by atoms with Crippen LogP contribution < -0.4 is 0 Å². The molecule has 0 radical (unpaired) electrons. The van der Waals surface area contributed by atoms with Crippen molar-refractivity contribution in [3.63, 3.8) is 0 Å². The summed E-state index contributed by atoms with van der Waals surface area (Å²) in [5.41, 5.74) is 1.14. The van der Waals surface area contributed by atoms with Crippen LogP contribution in [0.4, 0.5) is 13.2 Å². The summed E-state index contributed by atoms with van der Waals surface area (Å²) in [6, 6.07) is 21.2. The summed E-state index contributed by atoms with van der Waals surface area (Å²) < 4.78 is 43.7. The van der Waals surface area contributed by atoms with E-state index in [4.69, 9.17) is 16.1 Å². The number of carbonyl (C=O) groups excluding carboxylic acids is 1. The van der Waals surface area contributed by atoms with E-state index in [9.17, 15) is 18.0 Å². The number of benzene rings is 3. The van der Waals surface area contributed by atoms with Crippen molar-refractivity contribution in [1.29, 1.82) is 0 Å². The largest absolute Gasteiger partial charge is 0.416 e. The highest BCUT2D eigenvalue weighted by molar-refractivity contribution is 6.33. The van der Waals surface area contributed by atoms with Crippen molar-refractivity contribution in [2.75, 3.05) is 13.1 Å². The molecule has 1 heterocycles. The molecule has 0 saturated carbocycles. The zero-order valence-corrected chi connectivity index (χ0v) is 19.3. The van der Waals surface area contributed by atoms with E-state index in [1.165, 1.54) is 12.1 Å². The maximum atomic E-state index is 13.2. The molecule has 35 heavy (non-hydrogen) atoms. The van der Waals surface area contributed by atoms with Gasteiger partial charge in [-0.3, -0.25) is 4.79 Å². The van der Waals surface area contributed by atoms with Gasteiger partial charge in [0.25, 0.3) is 5.91 Å². The molecule has 9 heteroatoms. The van der Waals surface area contributed by atoms with Crippen LogP contribution in [-0.4, -0.2) is 34.0 Å². The molecule has 0 bridgehead atoms. The molecule has 3 aromatic carbocycles. The predicted octanol–water partition coefficient (Wildman–Crippen LogP) is 6.34. The molecule has 0 N–H and O–H groups in total. The van der Waals surface area contributed by atoms with Crippen molar-refractivity contribution >= 4 is 17.5 Å². The number of halogens is 4. The minimum atomic E-state index is -4.42. The number of amides is 1. The average Bonchev–Trinajstić information content (AvgIpc) is 3.33. The average molecular weight is 500 g/mol. The predicted molar refractivity (Wildman–Crippen MR) is 126 cm³/mol. The van der Waals surface area contributed by atoms with Gasteiger partial charge in [0, 0.05) is 25.1 Å². The van der Waals surface area contributed by atoms with E-state index < -0.39 is 11.7 Å². The summed E-state index contributed by atoms with van der Waals surface area (Å²) in [6.45, 7) is 0.750. The van der Waals surface area contributed by atoms with Crippen molar-refractivity contribution in [2.45, 2.75) is 19.0 Å². The summed E-state index contributed by atoms with van der Waals surface area (Å²) in [4.78, 5) is 19.2. The smallest absolute Gasteiger partial charge is 0.339 e. The van der Waals surface area contributed by atoms with Gasteiger partial charge >= 0.3 is 6.18 Å². The van der Waals surface area contributed by atoms with Crippen LogP contribution in [0.5, 0.6) is 0 Å². The Balaban J connectivity index is 1.47.